The summed E-state index contributed by atoms with van der Waals surface area (Å²) in [6, 6.07) is 0. The van der Waals surface area contributed by atoms with Gasteiger partial charge >= 0.3 is 0 Å². The Morgan fingerprint density at radius 1 is 1.50 bits per heavy atom. The van der Waals surface area contributed by atoms with Gasteiger partial charge in [-0.15, -0.1) is 0 Å². The maximum Gasteiger partial charge on any atom is 0.125 e. The lowest BCUT2D eigenvalue weighted by Gasteiger charge is -2.24. The van der Waals surface area contributed by atoms with Crippen molar-refractivity contribution in [2.24, 2.45) is 11.3 Å². The highest BCUT2D eigenvalue weighted by Gasteiger charge is 2.25. The third kappa shape index (κ3) is 2.20. The number of aldehydes is 1. The van der Waals surface area contributed by atoms with E-state index >= 15 is 0 Å². The first-order valence-electron chi connectivity index (χ1n) is 4.81. The van der Waals surface area contributed by atoms with Gasteiger partial charge < -0.3 is 4.79 Å². The Morgan fingerprint density at radius 2 is 2.08 bits per heavy atom. The fourth-order valence-electron chi connectivity index (χ4n) is 1.78. The lowest BCUT2D eigenvalue weighted by molar-refractivity contribution is -0.116. The fraction of sp³-hybridized carbons (Fsp3) is 0.727. The molecular formula is C11H18O. The van der Waals surface area contributed by atoms with E-state index in [-0.39, 0.29) is 5.41 Å². The van der Waals surface area contributed by atoms with Gasteiger partial charge in [0.2, 0.25) is 0 Å². The van der Waals surface area contributed by atoms with Crippen LogP contribution in [0.5, 0.6) is 0 Å². The normalized spacial score (nSPS) is 22.5. The Labute approximate surface area is 74.9 Å². The van der Waals surface area contributed by atoms with Gasteiger partial charge in [0.25, 0.3) is 0 Å². The van der Waals surface area contributed by atoms with Crippen LogP contribution >= 0.6 is 0 Å². The van der Waals surface area contributed by atoms with E-state index in [2.05, 4.69) is 26.0 Å². The Bertz CT molecular complexity index is 175. The molecule has 1 heteroatoms. The molecule has 68 valence electrons. The number of carbonyl (C=O) groups excluding carboxylic acids is 1. The van der Waals surface area contributed by atoms with E-state index < -0.39 is 0 Å². The zero-order valence-corrected chi connectivity index (χ0v) is 8.05. The third-order valence-electron chi connectivity index (χ3n) is 2.95. The minimum absolute atomic E-state index is 0.0727. The molecular weight excluding hydrogens is 148 g/mol. The molecule has 1 aliphatic carbocycles. The number of carbonyl (C=O) groups is 1. The second-order valence-electron chi connectivity index (χ2n) is 4.14. The number of hydrogen-bond acceptors (Lipinski definition) is 1. The average molecular weight is 166 g/mol. The first-order chi connectivity index (χ1) is 5.70. The van der Waals surface area contributed by atoms with Crippen LogP contribution in [0.4, 0.5) is 0 Å². The highest BCUT2D eigenvalue weighted by Crippen LogP contribution is 2.33. The largest absolute Gasteiger partial charge is 0.303 e. The van der Waals surface area contributed by atoms with E-state index in [1.807, 2.05) is 0 Å². The Morgan fingerprint density at radius 3 is 2.50 bits per heavy atom. The third-order valence-corrected chi connectivity index (χ3v) is 2.95. The topological polar surface area (TPSA) is 17.1 Å². The van der Waals surface area contributed by atoms with Gasteiger partial charge in [-0.05, 0) is 31.6 Å². The van der Waals surface area contributed by atoms with Gasteiger partial charge in [0.15, 0.2) is 0 Å². The van der Waals surface area contributed by atoms with Crippen LogP contribution in [0.25, 0.3) is 0 Å². The van der Waals surface area contributed by atoms with Crippen LogP contribution in [-0.4, -0.2) is 6.29 Å². The van der Waals surface area contributed by atoms with Crippen molar-refractivity contribution in [3.05, 3.63) is 12.2 Å². The fourth-order valence-corrected chi connectivity index (χ4v) is 1.78. The second-order valence-corrected chi connectivity index (χ2v) is 4.14. The van der Waals surface area contributed by atoms with Crippen molar-refractivity contribution in [3.63, 3.8) is 0 Å². The van der Waals surface area contributed by atoms with Gasteiger partial charge in [0, 0.05) is 5.41 Å². The zero-order valence-electron chi connectivity index (χ0n) is 8.05. The molecule has 1 aliphatic rings. The van der Waals surface area contributed by atoms with Crippen LogP contribution in [-0.2, 0) is 4.79 Å². The van der Waals surface area contributed by atoms with Crippen LogP contribution in [0.3, 0.4) is 0 Å². The summed E-state index contributed by atoms with van der Waals surface area (Å²) in [7, 11) is 0. The van der Waals surface area contributed by atoms with Crippen molar-refractivity contribution in [3.8, 4) is 0 Å². The molecule has 0 amide bonds. The van der Waals surface area contributed by atoms with Gasteiger partial charge in [0.05, 0.1) is 0 Å². The molecule has 0 aliphatic heterocycles. The van der Waals surface area contributed by atoms with E-state index in [0.29, 0.717) is 0 Å². The monoisotopic (exact) mass is 166 g/mol. The molecule has 0 aromatic rings. The molecule has 0 spiro atoms. The van der Waals surface area contributed by atoms with Crippen LogP contribution in [0.15, 0.2) is 12.2 Å². The summed E-state index contributed by atoms with van der Waals surface area (Å²) in [5.74, 6) is 0.722. The molecule has 0 aromatic heterocycles. The molecule has 0 heterocycles. The maximum absolute atomic E-state index is 10.8. The van der Waals surface area contributed by atoms with Crippen LogP contribution in [0.2, 0.25) is 0 Å². The molecule has 0 saturated heterocycles. The number of allylic oxidation sites excluding steroid dienone is 2. The van der Waals surface area contributed by atoms with E-state index in [1.165, 1.54) is 12.8 Å². The molecule has 0 aromatic carbocycles. The molecule has 0 bridgehead atoms. The van der Waals surface area contributed by atoms with Crippen molar-refractivity contribution >= 4 is 6.29 Å². The Balaban J connectivity index is 2.42. The number of rotatable bonds is 4. The molecule has 0 N–H and O–H groups in total. The van der Waals surface area contributed by atoms with Crippen LogP contribution in [0, 0.1) is 11.3 Å². The van der Waals surface area contributed by atoms with E-state index in [4.69, 9.17) is 0 Å². The Kier molecular flexibility index (Phi) is 3.07. The van der Waals surface area contributed by atoms with Crippen LogP contribution in [0.1, 0.15) is 39.5 Å². The summed E-state index contributed by atoms with van der Waals surface area (Å²) in [6.07, 6.45) is 9.95. The highest BCUT2D eigenvalue weighted by atomic mass is 16.1. The van der Waals surface area contributed by atoms with Crippen molar-refractivity contribution in [1.82, 2.24) is 0 Å². The minimum atomic E-state index is -0.0727. The summed E-state index contributed by atoms with van der Waals surface area (Å²) < 4.78 is 0. The first kappa shape index (κ1) is 9.50. The van der Waals surface area contributed by atoms with Crippen molar-refractivity contribution in [2.45, 2.75) is 39.5 Å². The van der Waals surface area contributed by atoms with Gasteiger partial charge in [0.1, 0.15) is 6.29 Å². The average Bonchev–Trinajstić information content (AvgIpc) is 2.57. The molecule has 1 rings (SSSR count). The van der Waals surface area contributed by atoms with Gasteiger partial charge in [-0.2, -0.15) is 0 Å². The predicted octanol–water partition coefficient (Wildman–Crippen LogP) is 2.96. The Hall–Kier alpha value is -0.590. The second kappa shape index (κ2) is 3.88. The predicted molar refractivity (Wildman–Crippen MR) is 50.9 cm³/mol. The molecule has 0 fully saturated rings. The van der Waals surface area contributed by atoms with E-state index in [1.54, 1.807) is 0 Å². The molecule has 1 nitrogen and oxygen atoms in total. The summed E-state index contributed by atoms with van der Waals surface area (Å²) in [5, 5.41) is 0. The lowest BCUT2D eigenvalue weighted by Crippen LogP contribution is -2.20. The zero-order chi connectivity index (χ0) is 9.03. The quantitative estimate of drug-likeness (QED) is 0.463. The van der Waals surface area contributed by atoms with E-state index in [9.17, 15) is 4.79 Å². The van der Waals surface area contributed by atoms with E-state index in [0.717, 1.165) is 25.0 Å². The standard InChI is InChI=1S/C11H18O/c1-3-11(2,9-12)8-10-6-4-5-7-10/h4-5,9-10H,3,6-8H2,1-2H3. The maximum atomic E-state index is 10.8. The lowest BCUT2D eigenvalue weighted by atomic mass is 9.79. The summed E-state index contributed by atoms with van der Waals surface area (Å²) in [4.78, 5) is 10.8. The summed E-state index contributed by atoms with van der Waals surface area (Å²) in [6.45, 7) is 4.16. The van der Waals surface area contributed by atoms with Gasteiger partial charge in [-0.25, -0.2) is 0 Å². The summed E-state index contributed by atoms with van der Waals surface area (Å²) in [5.41, 5.74) is -0.0727. The molecule has 0 saturated carbocycles. The molecule has 0 radical (unpaired) electrons. The van der Waals surface area contributed by atoms with Gasteiger partial charge in [-0.3, -0.25) is 0 Å². The van der Waals surface area contributed by atoms with Crippen LogP contribution < -0.4 is 0 Å². The van der Waals surface area contributed by atoms with Gasteiger partial charge in [-0.1, -0.05) is 26.0 Å². The molecule has 1 atom stereocenters. The van der Waals surface area contributed by atoms with Crippen molar-refractivity contribution in [2.75, 3.05) is 0 Å². The first-order valence-corrected chi connectivity index (χ1v) is 4.81. The molecule has 1 unspecified atom stereocenters. The highest BCUT2D eigenvalue weighted by molar-refractivity contribution is 5.58. The van der Waals surface area contributed by atoms with Crippen molar-refractivity contribution < 1.29 is 4.79 Å². The smallest absolute Gasteiger partial charge is 0.125 e. The minimum Gasteiger partial charge on any atom is -0.303 e. The SMILES string of the molecule is CCC(C)(C=O)CC1CC=CC1. The summed E-state index contributed by atoms with van der Waals surface area (Å²) >= 11 is 0. The molecule has 12 heavy (non-hydrogen) atoms. The number of hydrogen-bond donors (Lipinski definition) is 0. The van der Waals surface area contributed by atoms with Crippen molar-refractivity contribution in [1.29, 1.82) is 0 Å².